The Morgan fingerprint density at radius 1 is 1.16 bits per heavy atom. The number of amides is 1. The van der Waals surface area contributed by atoms with E-state index in [9.17, 15) is 23.1 Å². The first kappa shape index (κ1) is 24.4. The van der Waals surface area contributed by atoms with Crippen LogP contribution in [0.25, 0.3) is 0 Å². The largest absolute Gasteiger partial charge is 0.573 e. The molecule has 0 aliphatic rings. The average Bonchev–Trinajstić information content (AvgIpc) is 3.08. The summed E-state index contributed by atoms with van der Waals surface area (Å²) in [6.45, 7) is 9.82. The number of halogens is 3. The van der Waals surface area contributed by atoms with Gasteiger partial charge in [0.15, 0.2) is 5.82 Å². The van der Waals surface area contributed by atoms with Crippen LogP contribution in [0, 0.1) is 5.92 Å². The number of aliphatic hydroxyl groups is 1. The molecule has 0 bridgehead atoms. The highest BCUT2D eigenvalue weighted by atomic mass is 19.4. The van der Waals surface area contributed by atoms with Crippen molar-refractivity contribution in [2.75, 3.05) is 0 Å². The van der Waals surface area contributed by atoms with Crippen molar-refractivity contribution in [1.29, 1.82) is 0 Å². The Morgan fingerprint density at radius 3 is 2.32 bits per heavy atom. The zero-order valence-electron chi connectivity index (χ0n) is 18.1. The number of carbonyl (C=O) groups excluding carboxylic acids is 1. The van der Waals surface area contributed by atoms with Gasteiger partial charge in [-0.3, -0.25) is 0 Å². The number of hydrogen-bond donors (Lipinski definition) is 2. The molecule has 0 aliphatic carbocycles. The molecular weight excluding hydrogens is 419 g/mol. The van der Waals surface area contributed by atoms with Crippen LogP contribution < -0.4 is 10.1 Å². The molecule has 11 heteroatoms. The number of nitrogens with one attached hydrogen (secondary N) is 1. The van der Waals surface area contributed by atoms with Gasteiger partial charge in [0, 0.05) is 5.56 Å². The summed E-state index contributed by atoms with van der Waals surface area (Å²) in [5.74, 6) is -1.19. The van der Waals surface area contributed by atoms with Gasteiger partial charge >= 0.3 is 12.5 Å². The molecule has 2 rings (SSSR count). The van der Waals surface area contributed by atoms with E-state index in [4.69, 9.17) is 9.26 Å². The van der Waals surface area contributed by atoms with E-state index in [0.29, 0.717) is 0 Å². The fourth-order valence-electron chi connectivity index (χ4n) is 2.45. The minimum absolute atomic E-state index is 0.0813. The van der Waals surface area contributed by atoms with Crippen LogP contribution in [0.4, 0.5) is 18.0 Å². The second-order valence-electron chi connectivity index (χ2n) is 8.42. The lowest BCUT2D eigenvalue weighted by molar-refractivity contribution is -0.275. The van der Waals surface area contributed by atoms with E-state index in [2.05, 4.69) is 20.2 Å². The van der Waals surface area contributed by atoms with Gasteiger partial charge in [-0.2, -0.15) is 4.98 Å². The number of alkyl carbamates (subject to hydrolysis) is 1. The van der Waals surface area contributed by atoms with Gasteiger partial charge in [0.1, 0.15) is 23.0 Å². The quantitative estimate of drug-likeness (QED) is 0.677. The van der Waals surface area contributed by atoms with Gasteiger partial charge in [0.05, 0.1) is 0 Å². The highest BCUT2D eigenvalue weighted by Crippen LogP contribution is 2.34. The van der Waals surface area contributed by atoms with Crippen LogP contribution >= 0.6 is 0 Å². The average molecular weight is 445 g/mol. The first-order valence-electron chi connectivity index (χ1n) is 9.51. The van der Waals surface area contributed by atoms with Crippen LogP contribution in [-0.4, -0.2) is 33.3 Å². The SMILES string of the molecule is CC(C)[C@](C)(O)c1nc([C@H](NC(=O)OC(C)(C)C)c2ccccc2OC(F)(F)F)no1. The monoisotopic (exact) mass is 445 g/mol. The second-order valence-corrected chi connectivity index (χ2v) is 8.42. The number of aromatic nitrogens is 2. The standard InChI is InChI=1S/C20H26F3N3O5/c1-11(2)19(6,28)16-25-15(26-31-16)14(24-17(27)30-18(3,4)5)12-9-7-8-10-13(12)29-20(21,22)23/h7-11,14,28H,1-6H3,(H,24,27)/t14-,19+/m1/s1. The van der Waals surface area contributed by atoms with Crippen LogP contribution in [0.5, 0.6) is 5.75 Å². The maximum atomic E-state index is 12.9. The van der Waals surface area contributed by atoms with Crippen LogP contribution in [0.2, 0.25) is 0 Å². The molecular formula is C20H26F3N3O5. The number of hydrogen-bond acceptors (Lipinski definition) is 7. The van der Waals surface area contributed by atoms with Crippen molar-refractivity contribution in [1.82, 2.24) is 15.5 Å². The number of rotatable bonds is 6. The van der Waals surface area contributed by atoms with Crippen molar-refractivity contribution in [3.05, 3.63) is 41.5 Å². The lowest BCUT2D eigenvalue weighted by Crippen LogP contribution is -2.36. The van der Waals surface area contributed by atoms with Crippen molar-refractivity contribution in [2.24, 2.45) is 5.92 Å². The molecule has 0 fully saturated rings. The van der Waals surface area contributed by atoms with Crippen LogP contribution in [-0.2, 0) is 10.3 Å². The topological polar surface area (TPSA) is 107 Å². The highest BCUT2D eigenvalue weighted by molar-refractivity contribution is 5.69. The van der Waals surface area contributed by atoms with E-state index in [1.165, 1.54) is 25.1 Å². The zero-order chi connectivity index (χ0) is 23.6. The normalized spacial score (nSPS) is 15.3. The lowest BCUT2D eigenvalue weighted by Gasteiger charge is -2.24. The van der Waals surface area contributed by atoms with E-state index < -0.39 is 35.4 Å². The van der Waals surface area contributed by atoms with Crippen molar-refractivity contribution in [3.63, 3.8) is 0 Å². The van der Waals surface area contributed by atoms with Crippen molar-refractivity contribution in [2.45, 2.75) is 65.1 Å². The van der Waals surface area contributed by atoms with Crippen LogP contribution in [0.3, 0.4) is 0 Å². The van der Waals surface area contributed by atoms with Gasteiger partial charge in [0.25, 0.3) is 5.89 Å². The number of carbonyl (C=O) groups is 1. The number of benzene rings is 1. The minimum Gasteiger partial charge on any atom is -0.444 e. The molecule has 0 saturated carbocycles. The first-order valence-corrected chi connectivity index (χ1v) is 9.51. The number of nitrogens with zero attached hydrogens (tertiary/aromatic N) is 2. The zero-order valence-corrected chi connectivity index (χ0v) is 18.1. The molecule has 1 heterocycles. The Bertz CT molecular complexity index is 904. The van der Waals surface area contributed by atoms with E-state index in [1.54, 1.807) is 34.6 Å². The fourth-order valence-corrected chi connectivity index (χ4v) is 2.45. The Morgan fingerprint density at radius 2 is 1.77 bits per heavy atom. The van der Waals surface area contributed by atoms with Gasteiger partial charge in [-0.15, -0.1) is 13.2 Å². The van der Waals surface area contributed by atoms with E-state index in [1.807, 2.05) is 0 Å². The number of ether oxygens (including phenoxy) is 2. The molecule has 2 atom stereocenters. The molecule has 0 saturated heterocycles. The molecule has 172 valence electrons. The molecule has 0 radical (unpaired) electrons. The summed E-state index contributed by atoms with van der Waals surface area (Å²) in [7, 11) is 0. The van der Waals surface area contributed by atoms with E-state index >= 15 is 0 Å². The predicted octanol–water partition coefficient (Wildman–Crippen LogP) is 4.45. The summed E-state index contributed by atoms with van der Waals surface area (Å²) in [6.07, 6.45) is -5.88. The molecule has 2 aromatic rings. The molecule has 0 unspecified atom stereocenters. The molecule has 2 N–H and O–H groups in total. The molecule has 0 aliphatic heterocycles. The Balaban J connectivity index is 2.52. The minimum atomic E-state index is -4.96. The third-order valence-corrected chi connectivity index (χ3v) is 4.37. The maximum absolute atomic E-state index is 12.9. The number of para-hydroxylation sites is 1. The molecule has 8 nitrogen and oxygen atoms in total. The predicted molar refractivity (Wildman–Crippen MR) is 103 cm³/mol. The summed E-state index contributed by atoms with van der Waals surface area (Å²) in [5.41, 5.74) is -2.44. The van der Waals surface area contributed by atoms with Crippen LogP contribution in [0.1, 0.15) is 64.9 Å². The summed E-state index contributed by atoms with van der Waals surface area (Å²) in [5, 5.41) is 16.8. The van der Waals surface area contributed by atoms with Gasteiger partial charge in [0.2, 0.25) is 0 Å². The highest BCUT2D eigenvalue weighted by Gasteiger charge is 2.37. The smallest absolute Gasteiger partial charge is 0.444 e. The fraction of sp³-hybridized carbons (Fsp3) is 0.550. The maximum Gasteiger partial charge on any atom is 0.573 e. The van der Waals surface area contributed by atoms with Gasteiger partial charge in [-0.1, -0.05) is 37.2 Å². The molecule has 1 aromatic heterocycles. The van der Waals surface area contributed by atoms with Gasteiger partial charge in [-0.25, -0.2) is 4.79 Å². The molecule has 0 spiro atoms. The summed E-state index contributed by atoms with van der Waals surface area (Å²) in [4.78, 5) is 16.5. The van der Waals surface area contributed by atoms with Gasteiger partial charge < -0.3 is 24.4 Å². The third kappa shape index (κ3) is 6.58. The van der Waals surface area contributed by atoms with E-state index in [-0.39, 0.29) is 23.2 Å². The first-order chi connectivity index (χ1) is 14.1. The molecule has 1 aromatic carbocycles. The van der Waals surface area contributed by atoms with Crippen molar-refractivity contribution < 1.29 is 37.1 Å². The Labute approximate surface area is 177 Å². The summed E-state index contributed by atoms with van der Waals surface area (Å²) < 4.78 is 53.2. The van der Waals surface area contributed by atoms with Gasteiger partial charge in [-0.05, 0) is 39.7 Å². The molecule has 31 heavy (non-hydrogen) atoms. The summed E-state index contributed by atoms with van der Waals surface area (Å²) >= 11 is 0. The number of alkyl halides is 3. The Kier molecular flexibility index (Phi) is 6.89. The molecule has 1 amide bonds. The lowest BCUT2D eigenvalue weighted by atomic mass is 9.92. The van der Waals surface area contributed by atoms with E-state index in [0.717, 1.165) is 6.07 Å². The summed E-state index contributed by atoms with van der Waals surface area (Å²) in [6, 6.07) is 3.92. The second kappa shape index (κ2) is 8.74. The van der Waals surface area contributed by atoms with Crippen molar-refractivity contribution >= 4 is 6.09 Å². The Hall–Kier alpha value is -2.82. The van der Waals surface area contributed by atoms with Crippen LogP contribution in [0.15, 0.2) is 28.8 Å². The van der Waals surface area contributed by atoms with Crippen molar-refractivity contribution in [3.8, 4) is 5.75 Å². The third-order valence-electron chi connectivity index (χ3n) is 4.37.